The molecule has 0 amide bonds. The lowest BCUT2D eigenvalue weighted by molar-refractivity contribution is 0.0912. The Labute approximate surface area is 96.8 Å². The second-order valence-corrected chi connectivity index (χ2v) is 6.05. The van der Waals surface area contributed by atoms with Crippen LogP contribution in [0.25, 0.3) is 0 Å². The molecular formula is C13H20N2O. The highest BCUT2D eigenvalue weighted by Gasteiger charge is 2.33. The van der Waals surface area contributed by atoms with E-state index in [9.17, 15) is 4.79 Å². The third kappa shape index (κ3) is 2.18. The van der Waals surface area contributed by atoms with Gasteiger partial charge in [-0.25, -0.2) is 0 Å². The number of aromatic nitrogens is 2. The SMILES string of the molecule is CC(C)Cn1cc2c(n1)CC(C)(C)CC2=O. The number of Topliss-reactive ketones (excluding diaryl/α,β-unsaturated/α-hetero) is 1. The van der Waals surface area contributed by atoms with Crippen LogP contribution in [0.15, 0.2) is 6.20 Å². The highest BCUT2D eigenvalue weighted by atomic mass is 16.1. The number of carbonyl (C=O) groups is 1. The Morgan fingerprint density at radius 3 is 2.75 bits per heavy atom. The van der Waals surface area contributed by atoms with Crippen LogP contribution in [-0.2, 0) is 13.0 Å². The average Bonchev–Trinajstić information content (AvgIpc) is 2.43. The first-order valence-corrected chi connectivity index (χ1v) is 5.97. The highest BCUT2D eigenvalue weighted by Crippen LogP contribution is 2.33. The molecule has 0 N–H and O–H groups in total. The molecule has 1 aliphatic carbocycles. The van der Waals surface area contributed by atoms with Crippen molar-refractivity contribution in [2.45, 2.75) is 47.1 Å². The van der Waals surface area contributed by atoms with E-state index >= 15 is 0 Å². The Morgan fingerprint density at radius 1 is 1.44 bits per heavy atom. The first-order valence-electron chi connectivity index (χ1n) is 5.97. The Hall–Kier alpha value is -1.12. The molecule has 3 nitrogen and oxygen atoms in total. The van der Waals surface area contributed by atoms with Gasteiger partial charge in [-0.2, -0.15) is 5.10 Å². The summed E-state index contributed by atoms with van der Waals surface area (Å²) in [6, 6.07) is 0. The first-order chi connectivity index (χ1) is 7.37. The molecule has 0 bridgehead atoms. The third-order valence-corrected chi connectivity index (χ3v) is 2.98. The monoisotopic (exact) mass is 220 g/mol. The summed E-state index contributed by atoms with van der Waals surface area (Å²) in [5.74, 6) is 0.811. The van der Waals surface area contributed by atoms with Gasteiger partial charge in [0.05, 0.1) is 11.3 Å². The van der Waals surface area contributed by atoms with Gasteiger partial charge in [0.25, 0.3) is 0 Å². The Morgan fingerprint density at radius 2 is 2.12 bits per heavy atom. The summed E-state index contributed by atoms with van der Waals surface area (Å²) in [6.07, 6.45) is 3.49. The van der Waals surface area contributed by atoms with Gasteiger partial charge in [-0.05, 0) is 17.8 Å². The van der Waals surface area contributed by atoms with Crippen molar-refractivity contribution in [3.63, 3.8) is 0 Å². The smallest absolute Gasteiger partial charge is 0.166 e. The highest BCUT2D eigenvalue weighted by molar-refractivity contribution is 5.98. The van der Waals surface area contributed by atoms with Crippen molar-refractivity contribution >= 4 is 5.78 Å². The van der Waals surface area contributed by atoms with Gasteiger partial charge < -0.3 is 0 Å². The summed E-state index contributed by atoms with van der Waals surface area (Å²) in [5, 5.41) is 4.53. The number of ketones is 1. The predicted molar refractivity (Wildman–Crippen MR) is 63.5 cm³/mol. The average molecular weight is 220 g/mol. The van der Waals surface area contributed by atoms with Gasteiger partial charge in [-0.15, -0.1) is 0 Å². The van der Waals surface area contributed by atoms with Gasteiger partial charge in [0.15, 0.2) is 5.78 Å². The lowest BCUT2D eigenvalue weighted by Gasteiger charge is -2.26. The van der Waals surface area contributed by atoms with Crippen LogP contribution in [0.2, 0.25) is 0 Å². The molecule has 0 saturated carbocycles. The maximum absolute atomic E-state index is 11.9. The maximum Gasteiger partial charge on any atom is 0.166 e. The molecule has 3 heteroatoms. The van der Waals surface area contributed by atoms with E-state index in [-0.39, 0.29) is 11.2 Å². The molecule has 2 rings (SSSR count). The van der Waals surface area contributed by atoms with Crippen molar-refractivity contribution in [3.05, 3.63) is 17.5 Å². The van der Waals surface area contributed by atoms with Gasteiger partial charge in [0.1, 0.15) is 0 Å². The Bertz CT molecular complexity index is 416. The fourth-order valence-corrected chi connectivity index (χ4v) is 2.34. The van der Waals surface area contributed by atoms with Crippen molar-refractivity contribution in [2.75, 3.05) is 0 Å². The first kappa shape index (κ1) is 11.4. The number of carbonyl (C=O) groups excluding carboxylic acids is 1. The van der Waals surface area contributed by atoms with E-state index in [1.165, 1.54) is 0 Å². The van der Waals surface area contributed by atoms with Gasteiger partial charge in [-0.3, -0.25) is 9.48 Å². The van der Waals surface area contributed by atoms with E-state index in [1.54, 1.807) is 0 Å². The van der Waals surface area contributed by atoms with Gasteiger partial charge >= 0.3 is 0 Å². The third-order valence-electron chi connectivity index (χ3n) is 2.98. The van der Waals surface area contributed by atoms with Crippen molar-refractivity contribution in [2.24, 2.45) is 11.3 Å². The molecule has 0 fully saturated rings. The van der Waals surface area contributed by atoms with E-state index in [2.05, 4.69) is 32.8 Å². The summed E-state index contributed by atoms with van der Waals surface area (Å²) >= 11 is 0. The Kier molecular flexibility index (Phi) is 2.64. The molecule has 16 heavy (non-hydrogen) atoms. The minimum Gasteiger partial charge on any atom is -0.294 e. The van der Waals surface area contributed by atoms with Crippen LogP contribution in [0.1, 0.15) is 50.2 Å². The molecule has 88 valence electrons. The quantitative estimate of drug-likeness (QED) is 0.768. The number of nitrogens with zero attached hydrogens (tertiary/aromatic N) is 2. The minimum absolute atomic E-state index is 0.0705. The molecule has 1 heterocycles. The van der Waals surface area contributed by atoms with Crippen molar-refractivity contribution in [1.82, 2.24) is 9.78 Å². The van der Waals surface area contributed by atoms with Crippen molar-refractivity contribution < 1.29 is 4.79 Å². The molecule has 0 aliphatic heterocycles. The van der Waals surface area contributed by atoms with E-state index in [0.717, 1.165) is 24.2 Å². The molecule has 0 spiro atoms. The summed E-state index contributed by atoms with van der Waals surface area (Å²) < 4.78 is 1.93. The van der Waals surface area contributed by atoms with Crippen molar-refractivity contribution in [1.29, 1.82) is 0 Å². The summed E-state index contributed by atoms with van der Waals surface area (Å²) in [4.78, 5) is 11.9. The zero-order valence-electron chi connectivity index (χ0n) is 10.6. The van der Waals surface area contributed by atoms with E-state index in [1.807, 2.05) is 10.9 Å². The molecule has 0 radical (unpaired) electrons. The van der Waals surface area contributed by atoms with Crippen LogP contribution in [-0.4, -0.2) is 15.6 Å². The van der Waals surface area contributed by atoms with Crippen LogP contribution < -0.4 is 0 Å². The number of rotatable bonds is 2. The standard InChI is InChI=1S/C13H20N2O/c1-9(2)7-15-8-10-11(14-15)5-13(3,4)6-12(10)16/h8-9H,5-7H2,1-4H3. The second kappa shape index (κ2) is 3.72. The topological polar surface area (TPSA) is 34.9 Å². The van der Waals surface area contributed by atoms with Crippen molar-refractivity contribution in [3.8, 4) is 0 Å². The summed E-state index contributed by atoms with van der Waals surface area (Å²) in [7, 11) is 0. The molecule has 0 atom stereocenters. The minimum atomic E-state index is 0.0705. The normalized spacial score (nSPS) is 18.9. The van der Waals surface area contributed by atoms with E-state index in [4.69, 9.17) is 0 Å². The largest absolute Gasteiger partial charge is 0.294 e. The van der Waals surface area contributed by atoms with Crippen LogP contribution in [0.5, 0.6) is 0 Å². The van der Waals surface area contributed by atoms with Gasteiger partial charge in [0, 0.05) is 19.2 Å². The second-order valence-electron chi connectivity index (χ2n) is 6.05. The molecule has 0 saturated heterocycles. The van der Waals surface area contributed by atoms with Gasteiger partial charge in [0.2, 0.25) is 0 Å². The van der Waals surface area contributed by atoms with E-state index in [0.29, 0.717) is 12.3 Å². The lowest BCUT2D eigenvalue weighted by atomic mass is 9.76. The molecule has 1 aliphatic rings. The number of hydrogen-bond acceptors (Lipinski definition) is 2. The number of hydrogen-bond donors (Lipinski definition) is 0. The van der Waals surface area contributed by atoms with Crippen LogP contribution in [0.4, 0.5) is 0 Å². The number of fused-ring (bicyclic) bond motifs is 1. The Balaban J connectivity index is 2.30. The molecular weight excluding hydrogens is 200 g/mol. The van der Waals surface area contributed by atoms with Crippen LogP contribution >= 0.6 is 0 Å². The van der Waals surface area contributed by atoms with Crippen LogP contribution in [0, 0.1) is 11.3 Å². The lowest BCUT2D eigenvalue weighted by Crippen LogP contribution is -2.26. The fraction of sp³-hybridized carbons (Fsp3) is 0.692. The maximum atomic E-state index is 11.9. The fourth-order valence-electron chi connectivity index (χ4n) is 2.34. The molecule has 1 aromatic heterocycles. The molecule has 1 aromatic rings. The predicted octanol–water partition coefficient (Wildman–Crippen LogP) is 2.69. The van der Waals surface area contributed by atoms with Crippen LogP contribution in [0.3, 0.4) is 0 Å². The summed E-state index contributed by atoms with van der Waals surface area (Å²) in [6.45, 7) is 9.48. The molecule has 0 unspecified atom stereocenters. The zero-order chi connectivity index (χ0) is 11.9. The zero-order valence-corrected chi connectivity index (χ0v) is 10.6. The van der Waals surface area contributed by atoms with Gasteiger partial charge in [-0.1, -0.05) is 27.7 Å². The molecule has 0 aromatic carbocycles. The summed E-state index contributed by atoms with van der Waals surface area (Å²) in [5.41, 5.74) is 1.91. The van der Waals surface area contributed by atoms with E-state index < -0.39 is 0 Å².